The molecular weight excluding hydrogens is 248 g/mol. The molecule has 3 nitrogen and oxygen atoms in total. The summed E-state index contributed by atoms with van der Waals surface area (Å²) in [6.45, 7) is 4.92. The van der Waals surface area contributed by atoms with E-state index in [0.29, 0.717) is 10.6 Å². The van der Waals surface area contributed by atoms with Gasteiger partial charge in [0.1, 0.15) is 0 Å². The molecule has 18 heavy (non-hydrogen) atoms. The van der Waals surface area contributed by atoms with Crippen LogP contribution in [0.5, 0.6) is 0 Å². The Morgan fingerprint density at radius 1 is 1.28 bits per heavy atom. The molecule has 0 N–H and O–H groups in total. The van der Waals surface area contributed by atoms with Crippen molar-refractivity contribution < 1.29 is 4.79 Å². The standard InChI is InChI=1S/C14H21ClN2O/c1-4-17(10-6-9-16(2)3)14-8-5-7-13(15)12(14)11-18/h5,7-8,11H,4,6,9-10H2,1-3H3. The van der Waals surface area contributed by atoms with Gasteiger partial charge < -0.3 is 9.80 Å². The van der Waals surface area contributed by atoms with E-state index >= 15 is 0 Å². The minimum absolute atomic E-state index is 0.522. The lowest BCUT2D eigenvalue weighted by atomic mass is 10.1. The third-order valence-corrected chi connectivity index (χ3v) is 3.23. The van der Waals surface area contributed by atoms with Crippen molar-refractivity contribution in [3.05, 3.63) is 28.8 Å². The molecule has 0 aliphatic rings. The molecule has 0 saturated carbocycles. The van der Waals surface area contributed by atoms with Crippen LogP contribution in [0.3, 0.4) is 0 Å². The lowest BCUT2D eigenvalue weighted by molar-refractivity contribution is 0.112. The second kappa shape index (κ2) is 7.39. The summed E-state index contributed by atoms with van der Waals surface area (Å²) in [7, 11) is 4.12. The van der Waals surface area contributed by atoms with Crippen molar-refractivity contribution in [2.24, 2.45) is 0 Å². The molecule has 0 aromatic heterocycles. The minimum Gasteiger partial charge on any atom is -0.371 e. The molecule has 0 bridgehead atoms. The predicted octanol–water partition coefficient (Wildman–Crippen LogP) is 2.93. The van der Waals surface area contributed by atoms with Crippen LogP contribution in [0.4, 0.5) is 5.69 Å². The maximum Gasteiger partial charge on any atom is 0.153 e. The van der Waals surface area contributed by atoms with Crippen molar-refractivity contribution in [3.8, 4) is 0 Å². The van der Waals surface area contributed by atoms with Crippen molar-refractivity contribution >= 4 is 23.6 Å². The van der Waals surface area contributed by atoms with Crippen molar-refractivity contribution in [3.63, 3.8) is 0 Å². The molecule has 100 valence electrons. The summed E-state index contributed by atoms with van der Waals surface area (Å²) in [4.78, 5) is 15.5. The van der Waals surface area contributed by atoms with Crippen molar-refractivity contribution in [1.82, 2.24) is 4.90 Å². The van der Waals surface area contributed by atoms with Gasteiger partial charge in [0, 0.05) is 18.8 Å². The molecule has 1 rings (SSSR count). The Kier molecular flexibility index (Phi) is 6.16. The van der Waals surface area contributed by atoms with Gasteiger partial charge in [0.15, 0.2) is 6.29 Å². The zero-order valence-corrected chi connectivity index (χ0v) is 12.1. The molecule has 0 unspecified atom stereocenters. The van der Waals surface area contributed by atoms with Crippen molar-refractivity contribution in [2.75, 3.05) is 38.6 Å². The molecular formula is C14H21ClN2O. The highest BCUT2D eigenvalue weighted by Gasteiger charge is 2.11. The zero-order valence-electron chi connectivity index (χ0n) is 11.3. The molecule has 1 aromatic carbocycles. The number of carbonyl (C=O) groups excluding carboxylic acids is 1. The molecule has 0 aliphatic heterocycles. The molecule has 0 radical (unpaired) electrons. The molecule has 1 aromatic rings. The second-order valence-electron chi connectivity index (χ2n) is 4.53. The Hall–Kier alpha value is -1.06. The highest BCUT2D eigenvalue weighted by Crippen LogP contribution is 2.25. The van der Waals surface area contributed by atoms with E-state index < -0.39 is 0 Å². The van der Waals surface area contributed by atoms with Gasteiger partial charge >= 0.3 is 0 Å². The Balaban J connectivity index is 2.81. The summed E-state index contributed by atoms with van der Waals surface area (Å²) < 4.78 is 0. The monoisotopic (exact) mass is 268 g/mol. The van der Waals surface area contributed by atoms with Crippen LogP contribution in [0.25, 0.3) is 0 Å². The average Bonchev–Trinajstić information content (AvgIpc) is 2.34. The first-order chi connectivity index (χ1) is 8.60. The van der Waals surface area contributed by atoms with E-state index in [4.69, 9.17) is 11.6 Å². The highest BCUT2D eigenvalue weighted by molar-refractivity contribution is 6.33. The fourth-order valence-corrected chi connectivity index (χ4v) is 2.16. The number of aldehydes is 1. The van der Waals surface area contributed by atoms with Gasteiger partial charge in [0.05, 0.1) is 10.6 Å². The van der Waals surface area contributed by atoms with E-state index in [1.165, 1.54) is 0 Å². The lowest BCUT2D eigenvalue weighted by Gasteiger charge is -2.25. The quantitative estimate of drug-likeness (QED) is 0.711. The number of carbonyl (C=O) groups is 1. The predicted molar refractivity (Wildman–Crippen MR) is 77.9 cm³/mol. The van der Waals surface area contributed by atoms with Gasteiger partial charge in [-0.15, -0.1) is 0 Å². The molecule has 0 aliphatic carbocycles. The first-order valence-corrected chi connectivity index (χ1v) is 6.61. The summed E-state index contributed by atoms with van der Waals surface area (Å²) >= 11 is 6.05. The van der Waals surface area contributed by atoms with Gasteiger partial charge in [-0.2, -0.15) is 0 Å². The SMILES string of the molecule is CCN(CCCN(C)C)c1cccc(Cl)c1C=O. The number of rotatable bonds is 7. The number of nitrogens with zero attached hydrogens (tertiary/aromatic N) is 2. The highest BCUT2D eigenvalue weighted by atomic mass is 35.5. The Morgan fingerprint density at radius 3 is 2.56 bits per heavy atom. The fourth-order valence-electron chi connectivity index (χ4n) is 1.94. The van der Waals surface area contributed by atoms with E-state index in [2.05, 4.69) is 30.8 Å². The van der Waals surface area contributed by atoms with Crippen LogP contribution < -0.4 is 4.90 Å². The zero-order chi connectivity index (χ0) is 13.5. The smallest absolute Gasteiger partial charge is 0.153 e. The summed E-state index contributed by atoms with van der Waals surface area (Å²) in [5, 5.41) is 0.522. The Morgan fingerprint density at radius 2 is 2.00 bits per heavy atom. The Bertz CT molecular complexity index is 393. The molecule has 0 fully saturated rings. The second-order valence-corrected chi connectivity index (χ2v) is 4.93. The van der Waals surface area contributed by atoms with E-state index in [1.54, 1.807) is 6.07 Å². The lowest BCUT2D eigenvalue weighted by Crippen LogP contribution is -2.27. The van der Waals surface area contributed by atoms with Crippen molar-refractivity contribution in [1.29, 1.82) is 0 Å². The van der Waals surface area contributed by atoms with Gasteiger partial charge in [-0.25, -0.2) is 0 Å². The van der Waals surface area contributed by atoms with Crippen LogP contribution in [0, 0.1) is 0 Å². The van der Waals surface area contributed by atoms with Gasteiger partial charge in [0.2, 0.25) is 0 Å². The third-order valence-electron chi connectivity index (χ3n) is 2.90. The summed E-state index contributed by atoms with van der Waals surface area (Å²) in [6, 6.07) is 5.59. The average molecular weight is 269 g/mol. The summed E-state index contributed by atoms with van der Waals surface area (Å²) in [5.41, 5.74) is 1.52. The van der Waals surface area contributed by atoms with Crippen molar-refractivity contribution in [2.45, 2.75) is 13.3 Å². The fraction of sp³-hybridized carbons (Fsp3) is 0.500. The van der Waals surface area contributed by atoms with Crippen LogP contribution in [0.1, 0.15) is 23.7 Å². The first-order valence-electron chi connectivity index (χ1n) is 6.23. The van der Waals surface area contributed by atoms with Crippen LogP contribution in [-0.2, 0) is 0 Å². The molecule has 0 spiro atoms. The number of anilines is 1. The first kappa shape index (κ1) is 15.0. The van der Waals surface area contributed by atoms with Crippen LogP contribution >= 0.6 is 11.6 Å². The van der Waals surface area contributed by atoms with Gasteiger partial charge in [-0.05, 0) is 46.1 Å². The number of hydrogen-bond donors (Lipinski definition) is 0. The molecule has 4 heteroatoms. The van der Waals surface area contributed by atoms with Gasteiger partial charge in [0.25, 0.3) is 0 Å². The van der Waals surface area contributed by atoms with Crippen LogP contribution in [0.2, 0.25) is 5.02 Å². The van der Waals surface area contributed by atoms with E-state index in [0.717, 1.165) is 38.0 Å². The third kappa shape index (κ3) is 4.00. The van der Waals surface area contributed by atoms with Gasteiger partial charge in [-0.3, -0.25) is 4.79 Å². The summed E-state index contributed by atoms with van der Waals surface area (Å²) in [6.07, 6.45) is 1.90. The number of benzene rings is 1. The maximum atomic E-state index is 11.1. The van der Waals surface area contributed by atoms with E-state index in [1.807, 2.05) is 12.1 Å². The van der Waals surface area contributed by atoms with Crippen LogP contribution in [0.15, 0.2) is 18.2 Å². The normalized spacial score (nSPS) is 10.7. The molecule has 0 amide bonds. The van der Waals surface area contributed by atoms with Gasteiger partial charge in [-0.1, -0.05) is 17.7 Å². The minimum atomic E-state index is 0.522. The number of hydrogen-bond acceptors (Lipinski definition) is 3. The van der Waals surface area contributed by atoms with Crippen LogP contribution in [-0.4, -0.2) is 44.9 Å². The number of halogens is 1. The Labute approximate surface area is 114 Å². The molecule has 0 heterocycles. The topological polar surface area (TPSA) is 23.6 Å². The largest absolute Gasteiger partial charge is 0.371 e. The molecule has 0 saturated heterocycles. The summed E-state index contributed by atoms with van der Waals surface area (Å²) in [5.74, 6) is 0. The van der Waals surface area contributed by atoms with E-state index in [-0.39, 0.29) is 0 Å². The van der Waals surface area contributed by atoms with E-state index in [9.17, 15) is 4.79 Å². The molecule has 0 atom stereocenters. The maximum absolute atomic E-state index is 11.1.